The molecule has 0 bridgehead atoms. The molecular formula is C27H31N5O3. The van der Waals surface area contributed by atoms with Gasteiger partial charge in [0, 0.05) is 43.3 Å². The number of ether oxygens (including phenoxy) is 2. The number of pyridine rings is 1. The number of nitrogens with zero attached hydrogens (tertiary/aromatic N) is 3. The van der Waals surface area contributed by atoms with E-state index < -0.39 is 0 Å². The van der Waals surface area contributed by atoms with E-state index in [2.05, 4.69) is 25.5 Å². The first-order valence-electron chi connectivity index (χ1n) is 11.8. The molecule has 0 aliphatic carbocycles. The third-order valence-corrected chi connectivity index (χ3v) is 5.56. The zero-order valence-electron chi connectivity index (χ0n) is 19.9. The fraction of sp³-hybridized carbons (Fsp3) is 0.296. The van der Waals surface area contributed by atoms with Gasteiger partial charge in [-0.15, -0.1) is 0 Å². The second kappa shape index (κ2) is 12.6. The number of hydrogen-bond donors (Lipinski definition) is 2. The van der Waals surface area contributed by atoms with Crippen LogP contribution in [0, 0.1) is 0 Å². The summed E-state index contributed by atoms with van der Waals surface area (Å²) in [6, 6.07) is 19.0. The van der Waals surface area contributed by atoms with Crippen LogP contribution in [-0.2, 0) is 17.8 Å². The van der Waals surface area contributed by atoms with Crippen LogP contribution >= 0.6 is 0 Å². The predicted molar refractivity (Wildman–Crippen MR) is 137 cm³/mol. The Bertz CT molecular complexity index is 1100. The number of aromatic nitrogens is 1. The van der Waals surface area contributed by atoms with E-state index in [1.807, 2.05) is 67.6 Å². The van der Waals surface area contributed by atoms with E-state index in [-0.39, 0.29) is 5.91 Å². The second-order valence-electron chi connectivity index (χ2n) is 8.14. The number of benzene rings is 2. The number of guanidine groups is 1. The highest BCUT2D eigenvalue weighted by Crippen LogP contribution is 2.16. The highest BCUT2D eigenvalue weighted by Gasteiger charge is 2.13. The fourth-order valence-electron chi connectivity index (χ4n) is 3.67. The van der Waals surface area contributed by atoms with Crippen molar-refractivity contribution in [1.29, 1.82) is 0 Å². The number of amides is 1. The molecule has 1 amide bonds. The van der Waals surface area contributed by atoms with Crippen molar-refractivity contribution in [2.75, 3.05) is 38.2 Å². The van der Waals surface area contributed by atoms with Gasteiger partial charge in [0.1, 0.15) is 5.75 Å². The first-order chi connectivity index (χ1) is 17.2. The van der Waals surface area contributed by atoms with Gasteiger partial charge in [-0.05, 0) is 66.6 Å². The SMILES string of the molecule is CCOc1ccc(NC(=NCc2ccncc2)NC(=O)c2ccc(CN3CCOCC3)cc2)cc1. The Balaban J connectivity index is 1.43. The number of anilines is 1. The highest BCUT2D eigenvalue weighted by molar-refractivity contribution is 6.09. The fourth-order valence-corrected chi connectivity index (χ4v) is 3.67. The summed E-state index contributed by atoms with van der Waals surface area (Å²) >= 11 is 0. The van der Waals surface area contributed by atoms with Crippen molar-refractivity contribution in [1.82, 2.24) is 15.2 Å². The Morgan fingerprint density at radius 3 is 2.40 bits per heavy atom. The lowest BCUT2D eigenvalue weighted by Crippen LogP contribution is -2.36. The number of carbonyl (C=O) groups is 1. The Morgan fingerprint density at radius 1 is 1.00 bits per heavy atom. The van der Waals surface area contributed by atoms with Gasteiger partial charge in [0.25, 0.3) is 5.91 Å². The van der Waals surface area contributed by atoms with Gasteiger partial charge in [0.15, 0.2) is 0 Å². The Labute approximate surface area is 206 Å². The van der Waals surface area contributed by atoms with Crippen LogP contribution in [0.2, 0.25) is 0 Å². The largest absolute Gasteiger partial charge is 0.494 e. The van der Waals surface area contributed by atoms with Gasteiger partial charge in [0.2, 0.25) is 5.96 Å². The third-order valence-electron chi connectivity index (χ3n) is 5.56. The molecule has 2 aromatic carbocycles. The lowest BCUT2D eigenvalue weighted by Gasteiger charge is -2.26. The van der Waals surface area contributed by atoms with E-state index in [9.17, 15) is 4.79 Å². The predicted octanol–water partition coefficient (Wildman–Crippen LogP) is 3.71. The minimum atomic E-state index is -0.227. The van der Waals surface area contributed by atoms with Gasteiger partial charge in [0.05, 0.1) is 26.4 Å². The second-order valence-corrected chi connectivity index (χ2v) is 8.14. The van der Waals surface area contributed by atoms with Crippen molar-refractivity contribution < 1.29 is 14.3 Å². The molecule has 1 aliphatic heterocycles. The molecule has 1 fully saturated rings. The molecule has 0 unspecified atom stereocenters. The standard InChI is InChI=1S/C27H31N5O3/c1-2-35-25-9-7-24(8-10-25)30-27(29-19-21-11-13-28-14-12-21)31-26(33)23-5-3-22(4-6-23)20-32-15-17-34-18-16-32/h3-14H,2,15-20H2,1H3,(H2,29,30,31,33). The third kappa shape index (κ3) is 7.63. The zero-order chi connectivity index (χ0) is 24.3. The van der Waals surface area contributed by atoms with Gasteiger partial charge in [-0.25, -0.2) is 4.99 Å². The van der Waals surface area contributed by atoms with Crippen molar-refractivity contribution in [2.45, 2.75) is 20.0 Å². The first-order valence-corrected chi connectivity index (χ1v) is 11.8. The van der Waals surface area contributed by atoms with Crippen LogP contribution in [0.15, 0.2) is 78.0 Å². The van der Waals surface area contributed by atoms with Crippen LogP contribution in [0.5, 0.6) is 5.75 Å². The maximum atomic E-state index is 13.0. The summed E-state index contributed by atoms with van der Waals surface area (Å²) in [7, 11) is 0. The summed E-state index contributed by atoms with van der Waals surface area (Å²) in [6.07, 6.45) is 3.45. The van der Waals surface area contributed by atoms with Crippen molar-refractivity contribution >= 4 is 17.6 Å². The number of rotatable bonds is 8. The molecule has 1 aliphatic rings. The molecule has 1 aromatic heterocycles. The summed E-state index contributed by atoms with van der Waals surface area (Å²) in [4.78, 5) is 24.0. The van der Waals surface area contributed by atoms with E-state index in [0.717, 1.165) is 49.8 Å². The van der Waals surface area contributed by atoms with Crippen LogP contribution in [0.3, 0.4) is 0 Å². The molecule has 0 saturated carbocycles. The van der Waals surface area contributed by atoms with Crippen molar-refractivity contribution in [2.24, 2.45) is 4.99 Å². The van der Waals surface area contributed by atoms with Gasteiger partial charge in [-0.2, -0.15) is 0 Å². The molecule has 2 N–H and O–H groups in total. The van der Waals surface area contributed by atoms with Crippen molar-refractivity contribution in [3.8, 4) is 5.75 Å². The molecule has 0 atom stereocenters. The molecule has 1 saturated heterocycles. The summed E-state index contributed by atoms with van der Waals surface area (Å²) in [6.45, 7) is 7.19. The molecule has 182 valence electrons. The number of carbonyl (C=O) groups excluding carboxylic acids is 1. The van der Waals surface area contributed by atoms with Crippen LogP contribution in [0.25, 0.3) is 0 Å². The molecule has 4 rings (SSSR count). The quantitative estimate of drug-likeness (QED) is 0.383. The number of morpholine rings is 1. The smallest absolute Gasteiger partial charge is 0.257 e. The molecule has 2 heterocycles. The van der Waals surface area contributed by atoms with Crippen LogP contribution in [0.1, 0.15) is 28.4 Å². The molecule has 0 radical (unpaired) electrons. The van der Waals surface area contributed by atoms with Crippen LogP contribution in [-0.4, -0.2) is 54.7 Å². The Hall–Kier alpha value is -3.75. The average Bonchev–Trinajstić information content (AvgIpc) is 2.90. The lowest BCUT2D eigenvalue weighted by atomic mass is 10.1. The van der Waals surface area contributed by atoms with Gasteiger partial charge in [-0.3, -0.25) is 20.0 Å². The van der Waals surface area contributed by atoms with E-state index in [4.69, 9.17) is 9.47 Å². The maximum absolute atomic E-state index is 13.0. The van der Waals surface area contributed by atoms with Crippen LogP contribution in [0.4, 0.5) is 5.69 Å². The van der Waals surface area contributed by atoms with Gasteiger partial charge >= 0.3 is 0 Å². The van der Waals surface area contributed by atoms with Crippen LogP contribution < -0.4 is 15.4 Å². The molecule has 3 aromatic rings. The summed E-state index contributed by atoms with van der Waals surface area (Å²) in [5.41, 5.74) is 3.53. The number of aliphatic imine (C=N–C) groups is 1. The minimum absolute atomic E-state index is 0.227. The summed E-state index contributed by atoms with van der Waals surface area (Å²) < 4.78 is 10.9. The van der Waals surface area contributed by atoms with Gasteiger partial charge in [-0.1, -0.05) is 12.1 Å². The normalized spacial score (nSPS) is 14.4. The number of nitrogens with one attached hydrogen (secondary N) is 2. The number of hydrogen-bond acceptors (Lipinski definition) is 6. The molecule has 35 heavy (non-hydrogen) atoms. The first kappa shape index (κ1) is 24.4. The average molecular weight is 474 g/mol. The molecular weight excluding hydrogens is 442 g/mol. The van der Waals surface area contributed by atoms with Crippen molar-refractivity contribution in [3.63, 3.8) is 0 Å². The molecule has 8 heteroatoms. The maximum Gasteiger partial charge on any atom is 0.257 e. The van der Waals surface area contributed by atoms with E-state index >= 15 is 0 Å². The Morgan fingerprint density at radius 2 is 1.71 bits per heavy atom. The van der Waals surface area contributed by atoms with Crippen molar-refractivity contribution in [3.05, 3.63) is 89.7 Å². The highest BCUT2D eigenvalue weighted by atomic mass is 16.5. The monoisotopic (exact) mass is 473 g/mol. The van der Waals surface area contributed by atoms with E-state index in [1.54, 1.807) is 12.4 Å². The zero-order valence-corrected chi connectivity index (χ0v) is 19.9. The van der Waals surface area contributed by atoms with E-state index in [1.165, 1.54) is 5.56 Å². The lowest BCUT2D eigenvalue weighted by molar-refractivity contribution is 0.0342. The summed E-state index contributed by atoms with van der Waals surface area (Å²) in [5, 5.41) is 6.13. The topological polar surface area (TPSA) is 88.1 Å². The summed E-state index contributed by atoms with van der Waals surface area (Å²) in [5.74, 6) is 0.928. The van der Waals surface area contributed by atoms with E-state index in [0.29, 0.717) is 24.7 Å². The van der Waals surface area contributed by atoms with Gasteiger partial charge < -0.3 is 14.8 Å². The Kier molecular flexibility index (Phi) is 8.80. The molecule has 0 spiro atoms. The molecule has 8 nitrogen and oxygen atoms in total. The minimum Gasteiger partial charge on any atom is -0.494 e.